The van der Waals surface area contributed by atoms with Gasteiger partial charge in [0.15, 0.2) is 23.0 Å². The Morgan fingerprint density at radius 3 is 2.58 bits per heavy atom. The summed E-state index contributed by atoms with van der Waals surface area (Å²) in [5.41, 5.74) is 3.12. The fourth-order valence-electron chi connectivity index (χ4n) is 3.18. The van der Waals surface area contributed by atoms with E-state index in [0.29, 0.717) is 36.2 Å². The standard InChI is InChI=1S/C23H21BrClNO4.ClH/c1-27-22-10-16(12-26-11-15-6-7-20-21(9-15)30-14-29-20)8-18(24)23(22)28-13-17-4-2-3-5-19(17)25;/h2-10,26H,11-14H2,1H3;1H. The average molecular weight is 527 g/mol. The Hall–Kier alpha value is -2.12. The first-order valence-corrected chi connectivity index (χ1v) is 10.6. The molecule has 0 radical (unpaired) electrons. The third-order valence-corrected chi connectivity index (χ3v) is 5.67. The molecule has 0 saturated carbocycles. The van der Waals surface area contributed by atoms with E-state index < -0.39 is 0 Å². The first-order chi connectivity index (χ1) is 14.6. The van der Waals surface area contributed by atoms with E-state index in [4.69, 9.17) is 30.5 Å². The van der Waals surface area contributed by atoms with E-state index in [2.05, 4.69) is 21.2 Å². The minimum atomic E-state index is 0. The Bertz CT molecular complexity index is 1050. The molecule has 0 spiro atoms. The van der Waals surface area contributed by atoms with Gasteiger partial charge in [-0.15, -0.1) is 12.4 Å². The molecule has 0 unspecified atom stereocenters. The van der Waals surface area contributed by atoms with Crippen LogP contribution < -0.4 is 24.3 Å². The minimum absolute atomic E-state index is 0. The molecule has 1 heterocycles. The monoisotopic (exact) mass is 525 g/mol. The second kappa shape index (κ2) is 11.0. The van der Waals surface area contributed by atoms with Crippen molar-refractivity contribution in [1.82, 2.24) is 5.32 Å². The van der Waals surface area contributed by atoms with Crippen molar-refractivity contribution in [3.05, 3.63) is 80.8 Å². The third kappa shape index (κ3) is 5.77. The second-order valence-electron chi connectivity index (χ2n) is 6.78. The molecule has 0 amide bonds. The lowest BCUT2D eigenvalue weighted by Crippen LogP contribution is -2.13. The number of benzene rings is 3. The quantitative estimate of drug-likeness (QED) is 0.382. The van der Waals surface area contributed by atoms with Gasteiger partial charge in [-0.25, -0.2) is 0 Å². The van der Waals surface area contributed by atoms with Gasteiger partial charge < -0.3 is 24.3 Å². The van der Waals surface area contributed by atoms with E-state index in [0.717, 1.165) is 32.7 Å². The topological polar surface area (TPSA) is 49.0 Å². The number of nitrogens with one attached hydrogen (secondary N) is 1. The van der Waals surface area contributed by atoms with Crippen LogP contribution >= 0.6 is 39.9 Å². The zero-order chi connectivity index (χ0) is 20.9. The van der Waals surface area contributed by atoms with Crippen molar-refractivity contribution in [2.24, 2.45) is 0 Å². The summed E-state index contributed by atoms with van der Waals surface area (Å²) in [5, 5.41) is 4.12. The summed E-state index contributed by atoms with van der Waals surface area (Å²) < 4.78 is 23.2. The van der Waals surface area contributed by atoms with E-state index >= 15 is 0 Å². The van der Waals surface area contributed by atoms with Gasteiger partial charge >= 0.3 is 0 Å². The summed E-state index contributed by atoms with van der Waals surface area (Å²) in [6.45, 7) is 2.02. The molecular formula is C23H22BrCl2NO4. The van der Waals surface area contributed by atoms with Crippen LogP contribution in [0.3, 0.4) is 0 Å². The molecule has 0 atom stereocenters. The number of hydrogen-bond acceptors (Lipinski definition) is 5. The van der Waals surface area contributed by atoms with Crippen molar-refractivity contribution in [2.75, 3.05) is 13.9 Å². The Morgan fingerprint density at radius 2 is 1.77 bits per heavy atom. The predicted octanol–water partition coefficient (Wildman–Crippen LogP) is 6.13. The molecule has 0 bridgehead atoms. The normalized spacial score (nSPS) is 11.7. The van der Waals surface area contributed by atoms with Crippen LogP contribution in [-0.4, -0.2) is 13.9 Å². The first-order valence-electron chi connectivity index (χ1n) is 9.46. The Balaban J connectivity index is 0.00000272. The molecule has 5 nitrogen and oxygen atoms in total. The molecule has 8 heteroatoms. The molecule has 1 aliphatic heterocycles. The zero-order valence-electron chi connectivity index (χ0n) is 16.8. The second-order valence-corrected chi connectivity index (χ2v) is 8.04. The summed E-state index contributed by atoms with van der Waals surface area (Å²) in [6, 6.07) is 17.6. The van der Waals surface area contributed by atoms with Crippen LogP contribution in [0.25, 0.3) is 0 Å². The van der Waals surface area contributed by atoms with Gasteiger partial charge in [0, 0.05) is 23.7 Å². The van der Waals surface area contributed by atoms with E-state index in [1.165, 1.54) is 0 Å². The smallest absolute Gasteiger partial charge is 0.231 e. The largest absolute Gasteiger partial charge is 0.493 e. The summed E-state index contributed by atoms with van der Waals surface area (Å²) in [6.07, 6.45) is 0. The number of rotatable bonds is 8. The molecule has 0 fully saturated rings. The molecule has 3 aromatic rings. The van der Waals surface area contributed by atoms with Crippen LogP contribution in [-0.2, 0) is 19.7 Å². The van der Waals surface area contributed by atoms with Gasteiger partial charge in [0.05, 0.1) is 11.6 Å². The van der Waals surface area contributed by atoms with Gasteiger partial charge in [0.1, 0.15) is 6.61 Å². The Labute approximate surface area is 201 Å². The van der Waals surface area contributed by atoms with Crippen molar-refractivity contribution in [3.63, 3.8) is 0 Å². The summed E-state index contributed by atoms with van der Waals surface area (Å²) in [5.74, 6) is 2.90. The number of methoxy groups -OCH3 is 1. The molecule has 1 N–H and O–H groups in total. The maximum atomic E-state index is 6.22. The van der Waals surface area contributed by atoms with Gasteiger partial charge in [-0.3, -0.25) is 0 Å². The fourth-order valence-corrected chi connectivity index (χ4v) is 3.98. The highest BCUT2D eigenvalue weighted by Gasteiger charge is 2.14. The highest BCUT2D eigenvalue weighted by Crippen LogP contribution is 2.37. The van der Waals surface area contributed by atoms with Crippen LogP contribution in [0.2, 0.25) is 5.02 Å². The average Bonchev–Trinajstić information content (AvgIpc) is 3.21. The van der Waals surface area contributed by atoms with Crippen LogP contribution in [0.1, 0.15) is 16.7 Å². The van der Waals surface area contributed by atoms with Gasteiger partial charge in [-0.05, 0) is 57.4 Å². The Morgan fingerprint density at radius 1 is 1.00 bits per heavy atom. The molecule has 0 saturated heterocycles. The van der Waals surface area contributed by atoms with Gasteiger partial charge in [-0.1, -0.05) is 35.9 Å². The molecule has 4 rings (SSSR count). The van der Waals surface area contributed by atoms with E-state index in [1.807, 2.05) is 54.6 Å². The lowest BCUT2D eigenvalue weighted by molar-refractivity contribution is 0.174. The molecule has 31 heavy (non-hydrogen) atoms. The van der Waals surface area contributed by atoms with Gasteiger partial charge in [0.25, 0.3) is 0 Å². The number of hydrogen-bond donors (Lipinski definition) is 1. The van der Waals surface area contributed by atoms with E-state index in [-0.39, 0.29) is 19.2 Å². The minimum Gasteiger partial charge on any atom is -0.493 e. The third-order valence-electron chi connectivity index (χ3n) is 4.71. The summed E-state index contributed by atoms with van der Waals surface area (Å²) >= 11 is 9.83. The maximum absolute atomic E-state index is 6.22. The fraction of sp³-hybridized carbons (Fsp3) is 0.217. The van der Waals surface area contributed by atoms with Gasteiger partial charge in [0.2, 0.25) is 6.79 Å². The number of fused-ring (bicyclic) bond motifs is 1. The van der Waals surface area contributed by atoms with Crippen LogP contribution in [0, 0.1) is 0 Å². The highest BCUT2D eigenvalue weighted by atomic mass is 79.9. The lowest BCUT2D eigenvalue weighted by atomic mass is 10.1. The van der Waals surface area contributed by atoms with E-state index in [1.54, 1.807) is 7.11 Å². The first kappa shape index (κ1) is 23.5. The van der Waals surface area contributed by atoms with Gasteiger partial charge in [-0.2, -0.15) is 0 Å². The lowest BCUT2D eigenvalue weighted by Gasteiger charge is -2.15. The van der Waals surface area contributed by atoms with E-state index in [9.17, 15) is 0 Å². The molecule has 0 aliphatic carbocycles. The summed E-state index contributed by atoms with van der Waals surface area (Å²) in [4.78, 5) is 0. The SMILES string of the molecule is COc1cc(CNCc2ccc3c(c2)OCO3)cc(Br)c1OCc1ccccc1Cl.Cl. The van der Waals surface area contributed by atoms with Crippen molar-refractivity contribution in [2.45, 2.75) is 19.7 Å². The van der Waals surface area contributed by atoms with Crippen LogP contribution in [0.4, 0.5) is 0 Å². The van der Waals surface area contributed by atoms with Crippen molar-refractivity contribution in [1.29, 1.82) is 0 Å². The Kier molecular flexibility index (Phi) is 8.32. The predicted molar refractivity (Wildman–Crippen MR) is 127 cm³/mol. The molecule has 1 aliphatic rings. The molecular weight excluding hydrogens is 505 g/mol. The van der Waals surface area contributed by atoms with Crippen molar-refractivity contribution >= 4 is 39.9 Å². The van der Waals surface area contributed by atoms with Crippen LogP contribution in [0.5, 0.6) is 23.0 Å². The summed E-state index contributed by atoms with van der Waals surface area (Å²) in [7, 11) is 1.63. The molecule has 3 aromatic carbocycles. The van der Waals surface area contributed by atoms with Crippen LogP contribution in [0.15, 0.2) is 59.1 Å². The van der Waals surface area contributed by atoms with Crippen molar-refractivity contribution < 1.29 is 18.9 Å². The van der Waals surface area contributed by atoms with Crippen molar-refractivity contribution in [3.8, 4) is 23.0 Å². The molecule has 164 valence electrons. The maximum Gasteiger partial charge on any atom is 0.231 e. The zero-order valence-corrected chi connectivity index (χ0v) is 20.0. The number of halogens is 3. The molecule has 0 aromatic heterocycles. The number of ether oxygens (including phenoxy) is 4. The highest BCUT2D eigenvalue weighted by molar-refractivity contribution is 9.10.